The Morgan fingerprint density at radius 2 is 1.42 bits per heavy atom. The summed E-state index contributed by atoms with van der Waals surface area (Å²) in [6, 6.07) is 10.5. The molecule has 1 aromatic rings. The van der Waals surface area contributed by atoms with Crippen molar-refractivity contribution in [3.05, 3.63) is 30.3 Å². The molecule has 0 radical (unpaired) electrons. The molecule has 0 bridgehead atoms. The Kier molecular flexibility index (Phi) is 8.29. The molecule has 19 heavy (non-hydrogen) atoms. The zero-order valence-corrected chi connectivity index (χ0v) is 13.5. The molecule has 0 aliphatic heterocycles. The molecule has 0 saturated heterocycles. The highest BCUT2D eigenvalue weighted by molar-refractivity contribution is 7.74. The van der Waals surface area contributed by atoms with E-state index in [0.29, 0.717) is 0 Å². The van der Waals surface area contributed by atoms with Gasteiger partial charge in [-0.1, -0.05) is 45.4 Å². The minimum absolute atomic E-state index is 0.788. The Hall–Kier alpha value is -0.430. The van der Waals surface area contributed by atoms with Crippen LogP contribution in [-0.2, 0) is 9.05 Å². The topological polar surface area (TPSA) is 18.5 Å². The van der Waals surface area contributed by atoms with Gasteiger partial charge in [-0.3, -0.25) is 0 Å². The maximum absolute atomic E-state index is 6.26. The lowest BCUT2D eigenvalue weighted by Gasteiger charge is -2.24. The van der Waals surface area contributed by atoms with Crippen LogP contribution in [0.4, 0.5) is 0 Å². The standard InChI is InChI=1S/C16H28O2P/c1-4-7-15-19(17-13-5-2,18-14-6-3)16-11-9-8-10-12-16/h8-12H,4-7,13-15H2,1-3H3/q+1. The Labute approximate surface area is 119 Å². The van der Waals surface area contributed by atoms with E-state index < -0.39 is 7.72 Å². The van der Waals surface area contributed by atoms with Gasteiger partial charge in [0.15, 0.2) is 5.30 Å². The van der Waals surface area contributed by atoms with Crippen LogP contribution in [0.1, 0.15) is 46.5 Å². The second-order valence-corrected chi connectivity index (χ2v) is 7.58. The summed E-state index contributed by atoms with van der Waals surface area (Å²) in [4.78, 5) is 0. The number of unbranched alkanes of at least 4 members (excludes halogenated alkanes) is 1. The van der Waals surface area contributed by atoms with Crippen molar-refractivity contribution in [1.82, 2.24) is 0 Å². The molecule has 0 aliphatic rings. The van der Waals surface area contributed by atoms with Crippen molar-refractivity contribution in [3.8, 4) is 0 Å². The Bertz CT molecular complexity index is 305. The summed E-state index contributed by atoms with van der Waals surface area (Å²) in [7, 11) is -1.90. The molecule has 0 amide bonds. The van der Waals surface area contributed by atoms with Crippen LogP contribution in [0.25, 0.3) is 0 Å². The SMILES string of the molecule is CCCC[P+](OCCC)(OCCC)c1ccccc1. The first-order valence-corrected chi connectivity index (χ1v) is 9.32. The summed E-state index contributed by atoms with van der Waals surface area (Å²) >= 11 is 0. The van der Waals surface area contributed by atoms with Crippen molar-refractivity contribution in [1.29, 1.82) is 0 Å². The molecule has 0 saturated carbocycles. The van der Waals surface area contributed by atoms with Crippen LogP contribution in [0.15, 0.2) is 30.3 Å². The Morgan fingerprint density at radius 1 is 0.842 bits per heavy atom. The molecule has 1 aromatic carbocycles. The third kappa shape index (κ3) is 5.22. The zero-order chi connectivity index (χ0) is 14.0. The monoisotopic (exact) mass is 283 g/mol. The maximum atomic E-state index is 6.26. The first kappa shape index (κ1) is 16.6. The molecule has 0 spiro atoms. The third-order valence-electron chi connectivity index (χ3n) is 2.96. The molecule has 108 valence electrons. The molecule has 3 heteroatoms. The van der Waals surface area contributed by atoms with Gasteiger partial charge in [-0.25, -0.2) is 9.05 Å². The highest BCUT2D eigenvalue weighted by atomic mass is 31.2. The van der Waals surface area contributed by atoms with Crippen LogP contribution >= 0.6 is 7.72 Å². The molecule has 0 heterocycles. The highest BCUT2D eigenvalue weighted by Crippen LogP contribution is 2.60. The van der Waals surface area contributed by atoms with Crippen LogP contribution in [0.2, 0.25) is 0 Å². The molecule has 0 unspecified atom stereocenters. The van der Waals surface area contributed by atoms with Gasteiger partial charge >= 0.3 is 7.72 Å². The normalized spacial score (nSPS) is 11.7. The largest absolute Gasteiger partial charge is 0.306 e. The van der Waals surface area contributed by atoms with Gasteiger partial charge < -0.3 is 0 Å². The number of hydrogen-bond donors (Lipinski definition) is 0. The fourth-order valence-electron chi connectivity index (χ4n) is 1.94. The average molecular weight is 283 g/mol. The van der Waals surface area contributed by atoms with E-state index in [1.807, 2.05) is 0 Å². The van der Waals surface area contributed by atoms with Gasteiger partial charge in [-0.05, 0) is 31.4 Å². The summed E-state index contributed by atoms with van der Waals surface area (Å²) in [6.07, 6.45) is 5.45. The van der Waals surface area contributed by atoms with Crippen molar-refractivity contribution in [2.45, 2.75) is 46.5 Å². The maximum Gasteiger partial charge on any atom is 0.306 e. The Morgan fingerprint density at radius 3 is 1.89 bits per heavy atom. The molecular formula is C16H28O2P+. The first-order valence-electron chi connectivity index (χ1n) is 7.51. The fourth-order valence-corrected chi connectivity index (χ4v) is 5.15. The van der Waals surface area contributed by atoms with Crippen LogP contribution in [0.5, 0.6) is 0 Å². The van der Waals surface area contributed by atoms with E-state index in [4.69, 9.17) is 9.05 Å². The molecule has 0 N–H and O–H groups in total. The number of hydrogen-bond acceptors (Lipinski definition) is 2. The van der Waals surface area contributed by atoms with E-state index in [0.717, 1.165) is 38.6 Å². The van der Waals surface area contributed by atoms with Crippen LogP contribution in [0, 0.1) is 0 Å². The lowest BCUT2D eigenvalue weighted by atomic mass is 10.4. The van der Waals surface area contributed by atoms with E-state index >= 15 is 0 Å². The van der Waals surface area contributed by atoms with Gasteiger partial charge in [0.25, 0.3) is 0 Å². The van der Waals surface area contributed by atoms with Crippen molar-refractivity contribution in [2.75, 3.05) is 19.4 Å². The quantitative estimate of drug-likeness (QED) is 0.573. The molecular weight excluding hydrogens is 255 g/mol. The predicted octanol–water partition coefficient (Wildman–Crippen LogP) is 4.81. The van der Waals surface area contributed by atoms with Crippen LogP contribution < -0.4 is 5.30 Å². The van der Waals surface area contributed by atoms with E-state index in [9.17, 15) is 0 Å². The summed E-state index contributed by atoms with van der Waals surface area (Å²) in [5.74, 6) is 0. The van der Waals surface area contributed by atoms with Crippen molar-refractivity contribution < 1.29 is 9.05 Å². The molecule has 0 aliphatic carbocycles. The summed E-state index contributed by atoms with van der Waals surface area (Å²) in [5, 5.41) is 1.25. The lowest BCUT2D eigenvalue weighted by Crippen LogP contribution is -2.20. The van der Waals surface area contributed by atoms with Crippen LogP contribution in [0.3, 0.4) is 0 Å². The van der Waals surface area contributed by atoms with Gasteiger partial charge in [0.2, 0.25) is 0 Å². The average Bonchev–Trinajstić information content (AvgIpc) is 2.48. The van der Waals surface area contributed by atoms with E-state index in [2.05, 4.69) is 51.1 Å². The number of benzene rings is 1. The molecule has 2 nitrogen and oxygen atoms in total. The predicted molar refractivity (Wildman–Crippen MR) is 85.3 cm³/mol. The fraction of sp³-hybridized carbons (Fsp3) is 0.625. The van der Waals surface area contributed by atoms with Gasteiger partial charge in [0.1, 0.15) is 6.16 Å². The second-order valence-electron chi connectivity index (χ2n) is 4.75. The van der Waals surface area contributed by atoms with Gasteiger partial charge in [0, 0.05) is 0 Å². The zero-order valence-electron chi connectivity index (χ0n) is 12.6. The molecule has 0 fully saturated rings. The summed E-state index contributed by atoms with van der Waals surface area (Å²) in [5.41, 5.74) is 0. The minimum Gasteiger partial charge on any atom is -0.201 e. The third-order valence-corrected chi connectivity index (χ3v) is 6.15. The van der Waals surface area contributed by atoms with E-state index in [1.165, 1.54) is 11.7 Å². The smallest absolute Gasteiger partial charge is 0.201 e. The van der Waals surface area contributed by atoms with Crippen molar-refractivity contribution in [3.63, 3.8) is 0 Å². The molecule has 1 rings (SSSR count). The van der Waals surface area contributed by atoms with E-state index in [1.54, 1.807) is 0 Å². The molecule has 0 atom stereocenters. The van der Waals surface area contributed by atoms with E-state index in [-0.39, 0.29) is 0 Å². The minimum atomic E-state index is -1.90. The second kappa shape index (κ2) is 9.47. The molecule has 0 aromatic heterocycles. The van der Waals surface area contributed by atoms with Crippen molar-refractivity contribution >= 4 is 13.0 Å². The summed E-state index contributed by atoms with van der Waals surface area (Å²) in [6.45, 7) is 8.10. The Balaban J connectivity index is 2.94. The van der Waals surface area contributed by atoms with Gasteiger partial charge in [0.05, 0.1) is 13.2 Å². The summed E-state index contributed by atoms with van der Waals surface area (Å²) < 4.78 is 12.5. The highest BCUT2D eigenvalue weighted by Gasteiger charge is 2.44. The lowest BCUT2D eigenvalue weighted by molar-refractivity contribution is 0.237. The first-order chi connectivity index (χ1) is 9.29. The van der Waals surface area contributed by atoms with Crippen LogP contribution in [-0.4, -0.2) is 19.4 Å². The number of rotatable bonds is 10. The van der Waals surface area contributed by atoms with Crippen molar-refractivity contribution in [2.24, 2.45) is 0 Å². The van der Waals surface area contributed by atoms with Gasteiger partial charge in [-0.2, -0.15) is 0 Å². The van der Waals surface area contributed by atoms with Gasteiger partial charge in [-0.15, -0.1) is 0 Å².